The number of benzene rings is 1. The first-order valence-corrected chi connectivity index (χ1v) is 10.4. The highest BCUT2D eigenvalue weighted by Gasteiger charge is 2.31. The van der Waals surface area contributed by atoms with E-state index >= 15 is 0 Å². The van der Waals surface area contributed by atoms with Crippen LogP contribution in [0.1, 0.15) is 53.9 Å². The summed E-state index contributed by atoms with van der Waals surface area (Å²) < 4.78 is 1.70. The number of H-pyrrole nitrogens is 1. The van der Waals surface area contributed by atoms with Gasteiger partial charge in [-0.15, -0.1) is 5.10 Å². The molecule has 5 rings (SSSR count). The molecular weight excluding hydrogens is 378 g/mol. The fourth-order valence-electron chi connectivity index (χ4n) is 4.33. The number of carbonyl (C=O) groups is 1. The maximum Gasteiger partial charge on any atom is 0.252 e. The molecule has 1 aliphatic heterocycles. The van der Waals surface area contributed by atoms with E-state index in [1.807, 2.05) is 30.9 Å². The second-order valence-electron chi connectivity index (χ2n) is 8.20. The quantitative estimate of drug-likeness (QED) is 0.567. The third kappa shape index (κ3) is 3.32. The zero-order valence-corrected chi connectivity index (χ0v) is 17.5. The summed E-state index contributed by atoms with van der Waals surface area (Å²) in [5, 5.41) is 4.50. The summed E-state index contributed by atoms with van der Waals surface area (Å²) in [6.07, 6.45) is 3.15. The van der Waals surface area contributed by atoms with Gasteiger partial charge in [0.05, 0.1) is 23.5 Å². The second-order valence-corrected chi connectivity index (χ2v) is 8.20. The minimum absolute atomic E-state index is 0.0293. The van der Waals surface area contributed by atoms with E-state index in [0.29, 0.717) is 11.6 Å². The molecule has 0 radical (unpaired) electrons. The molecule has 154 valence electrons. The minimum Gasteiger partial charge on any atom is -0.340 e. The van der Waals surface area contributed by atoms with E-state index in [2.05, 4.69) is 39.1 Å². The van der Waals surface area contributed by atoms with Gasteiger partial charge in [-0.1, -0.05) is 6.07 Å². The largest absolute Gasteiger partial charge is 0.340 e. The number of hydrogen-bond donors (Lipinski definition) is 1. The van der Waals surface area contributed by atoms with Crippen LogP contribution in [0.15, 0.2) is 24.3 Å². The Morgan fingerprint density at radius 1 is 1.13 bits per heavy atom. The summed E-state index contributed by atoms with van der Waals surface area (Å²) in [5.74, 6) is 1.94. The third-order valence-corrected chi connectivity index (χ3v) is 5.77. The van der Waals surface area contributed by atoms with Crippen molar-refractivity contribution in [1.29, 1.82) is 0 Å². The van der Waals surface area contributed by atoms with Gasteiger partial charge in [-0.05, 0) is 63.8 Å². The SMILES string of the molecule is Cc1ccc2nc(C3CCCCN3C(=O)Cc3nc4nc(C)cc(C)n4n3)[nH]c2c1. The van der Waals surface area contributed by atoms with Gasteiger partial charge in [0.25, 0.3) is 5.78 Å². The Kier molecular flexibility index (Phi) is 4.49. The van der Waals surface area contributed by atoms with Gasteiger partial charge in [-0.3, -0.25) is 4.79 Å². The maximum atomic E-state index is 13.2. The molecule has 8 heteroatoms. The fraction of sp³-hybridized carbons (Fsp3) is 0.409. The second kappa shape index (κ2) is 7.19. The predicted octanol–water partition coefficient (Wildman–Crippen LogP) is 3.22. The topological polar surface area (TPSA) is 92.1 Å². The molecule has 8 nitrogen and oxygen atoms in total. The van der Waals surface area contributed by atoms with Crippen molar-refractivity contribution in [2.24, 2.45) is 0 Å². The van der Waals surface area contributed by atoms with E-state index in [9.17, 15) is 4.79 Å². The average molecular weight is 403 g/mol. The first-order chi connectivity index (χ1) is 14.5. The zero-order valence-electron chi connectivity index (χ0n) is 17.5. The molecule has 1 N–H and O–H groups in total. The predicted molar refractivity (Wildman–Crippen MR) is 113 cm³/mol. The zero-order chi connectivity index (χ0) is 20.8. The lowest BCUT2D eigenvalue weighted by atomic mass is 10.0. The van der Waals surface area contributed by atoms with Crippen LogP contribution in [0.5, 0.6) is 0 Å². The van der Waals surface area contributed by atoms with E-state index < -0.39 is 0 Å². The van der Waals surface area contributed by atoms with Gasteiger partial charge >= 0.3 is 0 Å². The lowest BCUT2D eigenvalue weighted by Gasteiger charge is -2.34. The molecule has 0 saturated carbocycles. The Labute approximate surface area is 174 Å². The normalized spacial score (nSPS) is 17.2. The van der Waals surface area contributed by atoms with Gasteiger partial charge < -0.3 is 9.88 Å². The Bertz CT molecular complexity index is 1260. The van der Waals surface area contributed by atoms with Crippen molar-refractivity contribution in [2.45, 2.75) is 52.5 Å². The van der Waals surface area contributed by atoms with E-state index in [4.69, 9.17) is 4.98 Å². The molecule has 0 spiro atoms. The van der Waals surface area contributed by atoms with Crippen LogP contribution in [0.25, 0.3) is 16.8 Å². The van der Waals surface area contributed by atoms with E-state index in [0.717, 1.165) is 54.1 Å². The number of amides is 1. The van der Waals surface area contributed by atoms with Crippen molar-refractivity contribution in [2.75, 3.05) is 6.54 Å². The molecule has 1 unspecified atom stereocenters. The number of aromatic amines is 1. The van der Waals surface area contributed by atoms with Gasteiger partial charge in [-0.2, -0.15) is 4.98 Å². The molecule has 4 aromatic rings. The van der Waals surface area contributed by atoms with Gasteiger partial charge in [0.1, 0.15) is 5.82 Å². The molecule has 1 aromatic carbocycles. The van der Waals surface area contributed by atoms with Crippen LogP contribution in [0.3, 0.4) is 0 Å². The van der Waals surface area contributed by atoms with Crippen LogP contribution in [-0.2, 0) is 11.2 Å². The number of imidazole rings is 1. The highest BCUT2D eigenvalue weighted by atomic mass is 16.2. The Balaban J connectivity index is 1.42. The van der Waals surface area contributed by atoms with Crippen molar-refractivity contribution < 1.29 is 4.79 Å². The molecule has 0 aliphatic carbocycles. The number of rotatable bonds is 3. The standard InChI is InChI=1S/C22H25N7O/c1-13-7-8-16-17(10-13)25-21(24-16)18-6-4-5-9-28(18)20(30)12-19-26-22-23-14(2)11-15(3)29(22)27-19/h7-8,10-11,18H,4-6,9,12H2,1-3H3,(H,24,25). The number of nitrogens with zero attached hydrogens (tertiary/aromatic N) is 6. The summed E-state index contributed by atoms with van der Waals surface area (Å²) in [7, 11) is 0. The third-order valence-electron chi connectivity index (χ3n) is 5.77. The van der Waals surface area contributed by atoms with E-state index in [1.165, 1.54) is 5.56 Å². The fourth-order valence-corrected chi connectivity index (χ4v) is 4.33. The number of likely N-dealkylation sites (tertiary alicyclic amines) is 1. The van der Waals surface area contributed by atoms with Crippen molar-refractivity contribution >= 4 is 22.7 Å². The summed E-state index contributed by atoms with van der Waals surface area (Å²) in [6.45, 7) is 6.69. The molecule has 1 aliphatic rings. The molecule has 0 bridgehead atoms. The molecule has 1 atom stereocenters. The van der Waals surface area contributed by atoms with Gasteiger partial charge in [-0.25, -0.2) is 14.5 Å². The first-order valence-electron chi connectivity index (χ1n) is 10.4. The maximum absolute atomic E-state index is 13.2. The van der Waals surface area contributed by atoms with Crippen molar-refractivity contribution in [3.05, 3.63) is 52.9 Å². The molecule has 4 heterocycles. The summed E-state index contributed by atoms with van der Waals surface area (Å²) >= 11 is 0. The lowest BCUT2D eigenvalue weighted by molar-refractivity contribution is -0.134. The average Bonchev–Trinajstić information content (AvgIpc) is 3.31. The summed E-state index contributed by atoms with van der Waals surface area (Å²) in [6, 6.07) is 8.09. The Hall–Kier alpha value is -3.29. The van der Waals surface area contributed by atoms with Gasteiger partial charge in [0, 0.05) is 17.9 Å². The van der Waals surface area contributed by atoms with Crippen LogP contribution in [0.4, 0.5) is 0 Å². The summed E-state index contributed by atoms with van der Waals surface area (Å²) in [4.78, 5) is 32.3. The minimum atomic E-state index is -0.0434. The van der Waals surface area contributed by atoms with Gasteiger partial charge in [0.15, 0.2) is 5.82 Å². The van der Waals surface area contributed by atoms with Crippen molar-refractivity contribution in [3.63, 3.8) is 0 Å². The smallest absolute Gasteiger partial charge is 0.252 e. The number of fused-ring (bicyclic) bond motifs is 2. The van der Waals surface area contributed by atoms with Crippen LogP contribution in [-0.4, -0.2) is 46.9 Å². The molecular formula is C22H25N7O. The molecule has 3 aromatic heterocycles. The van der Waals surface area contributed by atoms with Crippen LogP contribution in [0, 0.1) is 20.8 Å². The molecule has 1 amide bonds. The number of aromatic nitrogens is 6. The summed E-state index contributed by atoms with van der Waals surface area (Å²) in [5.41, 5.74) is 4.99. The highest BCUT2D eigenvalue weighted by molar-refractivity contribution is 5.79. The highest BCUT2D eigenvalue weighted by Crippen LogP contribution is 2.31. The van der Waals surface area contributed by atoms with Gasteiger partial charge in [0.2, 0.25) is 5.91 Å². The lowest BCUT2D eigenvalue weighted by Crippen LogP contribution is -2.40. The molecule has 30 heavy (non-hydrogen) atoms. The van der Waals surface area contributed by atoms with E-state index in [1.54, 1.807) is 4.52 Å². The Morgan fingerprint density at radius 3 is 2.87 bits per heavy atom. The van der Waals surface area contributed by atoms with Crippen molar-refractivity contribution in [1.82, 2.24) is 34.4 Å². The van der Waals surface area contributed by atoms with E-state index in [-0.39, 0.29) is 18.4 Å². The molecule has 1 saturated heterocycles. The van der Waals surface area contributed by atoms with Crippen molar-refractivity contribution in [3.8, 4) is 0 Å². The number of nitrogens with one attached hydrogen (secondary N) is 1. The van der Waals surface area contributed by atoms with Crippen LogP contribution < -0.4 is 0 Å². The van der Waals surface area contributed by atoms with Crippen LogP contribution in [0.2, 0.25) is 0 Å². The number of hydrogen-bond acceptors (Lipinski definition) is 5. The number of carbonyl (C=O) groups excluding carboxylic acids is 1. The monoisotopic (exact) mass is 403 g/mol. The first kappa shape index (κ1) is 18.7. The Morgan fingerprint density at radius 2 is 2.00 bits per heavy atom. The van der Waals surface area contributed by atoms with Crippen LogP contribution >= 0.6 is 0 Å². The molecule has 1 fully saturated rings. The number of aryl methyl sites for hydroxylation is 3. The number of piperidine rings is 1.